The van der Waals surface area contributed by atoms with Gasteiger partial charge >= 0.3 is 0 Å². The van der Waals surface area contributed by atoms with E-state index in [-0.39, 0.29) is 0 Å². The van der Waals surface area contributed by atoms with Crippen LogP contribution in [-0.4, -0.2) is 25.2 Å². The fourth-order valence-corrected chi connectivity index (χ4v) is 1.96. The van der Waals surface area contributed by atoms with Crippen LogP contribution in [0.15, 0.2) is 12.1 Å². The number of ether oxygens (including phenoxy) is 1. The van der Waals surface area contributed by atoms with Crippen molar-refractivity contribution in [1.82, 2.24) is 10.3 Å². The van der Waals surface area contributed by atoms with E-state index in [1.165, 1.54) is 12.8 Å². The molecule has 1 aliphatic rings. The molecule has 2 heterocycles. The van der Waals surface area contributed by atoms with Crippen LogP contribution in [-0.2, 0) is 0 Å². The van der Waals surface area contributed by atoms with Crippen LogP contribution in [0.25, 0.3) is 0 Å². The molecule has 0 radical (unpaired) electrons. The number of nitrogen functional groups attached to an aromatic ring is 1. The van der Waals surface area contributed by atoms with Crippen LogP contribution >= 0.6 is 0 Å². The Balaban J connectivity index is 2.20. The van der Waals surface area contributed by atoms with Crippen molar-refractivity contribution in [2.24, 2.45) is 0 Å². The monoisotopic (exact) mass is 207 g/mol. The number of rotatable bonds is 2. The largest absolute Gasteiger partial charge is 0.480 e. The maximum Gasteiger partial charge on any atom is 0.237 e. The van der Waals surface area contributed by atoms with Crippen LogP contribution in [0.1, 0.15) is 24.5 Å². The maximum absolute atomic E-state index is 5.73. The number of anilines is 1. The molecule has 0 aromatic carbocycles. The molecule has 82 valence electrons. The van der Waals surface area contributed by atoms with Gasteiger partial charge in [-0.15, -0.1) is 0 Å². The number of hydrogen-bond acceptors (Lipinski definition) is 4. The summed E-state index contributed by atoms with van der Waals surface area (Å²) in [7, 11) is 1.60. The Morgan fingerprint density at radius 1 is 1.53 bits per heavy atom. The van der Waals surface area contributed by atoms with Crippen LogP contribution in [0.2, 0.25) is 0 Å². The molecule has 1 saturated heterocycles. The van der Waals surface area contributed by atoms with Crippen molar-refractivity contribution < 1.29 is 4.74 Å². The van der Waals surface area contributed by atoms with E-state index >= 15 is 0 Å². The highest BCUT2D eigenvalue weighted by molar-refractivity contribution is 5.48. The number of hydrogen-bond donors (Lipinski definition) is 2. The second-order valence-electron chi connectivity index (χ2n) is 3.88. The highest BCUT2D eigenvalue weighted by Gasteiger charge is 2.17. The number of pyridine rings is 1. The summed E-state index contributed by atoms with van der Waals surface area (Å²) in [5, 5.41) is 3.37. The molecule has 1 unspecified atom stereocenters. The summed E-state index contributed by atoms with van der Waals surface area (Å²) in [5.41, 5.74) is 7.41. The van der Waals surface area contributed by atoms with E-state index in [9.17, 15) is 0 Å². The van der Waals surface area contributed by atoms with Gasteiger partial charge in [-0.3, -0.25) is 0 Å². The molecule has 0 saturated carbocycles. The lowest BCUT2D eigenvalue weighted by atomic mass is 9.96. The third-order valence-electron chi connectivity index (χ3n) is 2.82. The van der Waals surface area contributed by atoms with Crippen LogP contribution in [0.4, 0.5) is 5.69 Å². The molecule has 0 bridgehead atoms. The van der Waals surface area contributed by atoms with Gasteiger partial charge in [-0.2, -0.15) is 0 Å². The Hall–Kier alpha value is -1.29. The van der Waals surface area contributed by atoms with Crippen molar-refractivity contribution >= 4 is 5.69 Å². The van der Waals surface area contributed by atoms with Gasteiger partial charge in [0.15, 0.2) is 0 Å². The minimum atomic E-state index is 0.494. The minimum absolute atomic E-state index is 0.494. The number of nitrogens with zero attached hydrogens (tertiary/aromatic N) is 1. The van der Waals surface area contributed by atoms with Crippen LogP contribution in [0.5, 0.6) is 5.88 Å². The van der Waals surface area contributed by atoms with E-state index in [1.54, 1.807) is 7.11 Å². The summed E-state index contributed by atoms with van der Waals surface area (Å²) in [6.07, 6.45) is 2.39. The molecular formula is C11H17N3O. The Kier molecular flexibility index (Phi) is 3.06. The number of nitrogens with one attached hydrogen (secondary N) is 1. The number of nitrogens with two attached hydrogens (primary N) is 1. The highest BCUT2D eigenvalue weighted by Crippen LogP contribution is 2.26. The molecule has 1 aromatic heterocycles. The molecule has 0 spiro atoms. The second-order valence-corrected chi connectivity index (χ2v) is 3.88. The molecule has 0 aliphatic carbocycles. The van der Waals surface area contributed by atoms with Crippen LogP contribution < -0.4 is 15.8 Å². The Bertz CT molecular complexity index is 335. The molecule has 0 amide bonds. The lowest BCUT2D eigenvalue weighted by molar-refractivity contribution is 0.392. The minimum Gasteiger partial charge on any atom is -0.480 e. The van der Waals surface area contributed by atoms with E-state index in [0.717, 1.165) is 18.8 Å². The Morgan fingerprint density at radius 3 is 3.07 bits per heavy atom. The zero-order valence-corrected chi connectivity index (χ0v) is 8.99. The average Bonchev–Trinajstić information content (AvgIpc) is 2.31. The fraction of sp³-hybridized carbons (Fsp3) is 0.545. The SMILES string of the molecule is COc1nc(C2CCCNC2)ccc1N. The Labute approximate surface area is 89.8 Å². The van der Waals surface area contributed by atoms with Gasteiger partial charge in [-0.05, 0) is 31.5 Å². The average molecular weight is 207 g/mol. The first-order valence-corrected chi connectivity index (χ1v) is 5.32. The second kappa shape index (κ2) is 4.49. The maximum atomic E-state index is 5.73. The van der Waals surface area contributed by atoms with E-state index in [1.807, 2.05) is 12.1 Å². The van der Waals surface area contributed by atoms with Crippen molar-refractivity contribution in [2.45, 2.75) is 18.8 Å². The smallest absolute Gasteiger partial charge is 0.237 e. The predicted octanol–water partition coefficient (Wildman–Crippen LogP) is 1.14. The summed E-state index contributed by atoms with van der Waals surface area (Å²) < 4.78 is 5.12. The quantitative estimate of drug-likeness (QED) is 0.763. The van der Waals surface area contributed by atoms with Crippen LogP contribution in [0, 0.1) is 0 Å². The number of methoxy groups -OCH3 is 1. The first-order valence-electron chi connectivity index (χ1n) is 5.32. The Morgan fingerprint density at radius 2 is 2.40 bits per heavy atom. The van der Waals surface area contributed by atoms with Gasteiger partial charge in [-0.1, -0.05) is 0 Å². The first-order chi connectivity index (χ1) is 7.31. The summed E-state index contributed by atoms with van der Waals surface area (Å²) in [4.78, 5) is 4.43. The van der Waals surface area contributed by atoms with Gasteiger partial charge in [0.05, 0.1) is 12.8 Å². The van der Waals surface area contributed by atoms with Gasteiger partial charge in [0.1, 0.15) is 0 Å². The molecule has 3 N–H and O–H groups in total. The number of piperidine rings is 1. The summed E-state index contributed by atoms with van der Waals surface area (Å²) >= 11 is 0. The topological polar surface area (TPSA) is 60.2 Å². The zero-order valence-electron chi connectivity index (χ0n) is 8.99. The van der Waals surface area contributed by atoms with Crippen molar-refractivity contribution in [3.63, 3.8) is 0 Å². The normalized spacial score (nSPS) is 21.3. The lowest BCUT2D eigenvalue weighted by Crippen LogP contribution is -2.28. The van der Waals surface area contributed by atoms with Crippen LogP contribution in [0.3, 0.4) is 0 Å². The third-order valence-corrected chi connectivity index (χ3v) is 2.82. The molecule has 4 nitrogen and oxygen atoms in total. The number of aromatic nitrogens is 1. The molecule has 15 heavy (non-hydrogen) atoms. The van der Waals surface area contributed by atoms with Crippen molar-refractivity contribution in [2.75, 3.05) is 25.9 Å². The third kappa shape index (κ3) is 2.21. The molecule has 4 heteroatoms. The molecule has 1 fully saturated rings. The predicted molar refractivity (Wildman–Crippen MR) is 60.0 cm³/mol. The molecule has 1 atom stereocenters. The van der Waals surface area contributed by atoms with Crippen molar-refractivity contribution in [3.05, 3.63) is 17.8 Å². The fourth-order valence-electron chi connectivity index (χ4n) is 1.96. The van der Waals surface area contributed by atoms with Crippen molar-refractivity contribution in [1.29, 1.82) is 0 Å². The summed E-state index contributed by atoms with van der Waals surface area (Å²) in [6, 6.07) is 3.87. The van der Waals surface area contributed by atoms with Gasteiger partial charge < -0.3 is 15.8 Å². The summed E-state index contributed by atoms with van der Waals surface area (Å²) in [5.74, 6) is 1.03. The van der Waals surface area contributed by atoms with Gasteiger partial charge in [0.25, 0.3) is 0 Å². The highest BCUT2D eigenvalue weighted by atomic mass is 16.5. The molecule has 1 aliphatic heterocycles. The van der Waals surface area contributed by atoms with E-state index in [4.69, 9.17) is 10.5 Å². The van der Waals surface area contributed by atoms with E-state index < -0.39 is 0 Å². The van der Waals surface area contributed by atoms with Crippen molar-refractivity contribution in [3.8, 4) is 5.88 Å². The van der Waals surface area contributed by atoms with Gasteiger partial charge in [0.2, 0.25) is 5.88 Å². The zero-order chi connectivity index (χ0) is 10.7. The first kappa shape index (κ1) is 10.2. The molecule has 2 rings (SSSR count). The van der Waals surface area contributed by atoms with E-state index in [0.29, 0.717) is 17.5 Å². The van der Waals surface area contributed by atoms with Gasteiger partial charge in [-0.25, -0.2) is 4.98 Å². The van der Waals surface area contributed by atoms with E-state index in [2.05, 4.69) is 10.3 Å². The molecule has 1 aromatic rings. The van der Waals surface area contributed by atoms with Gasteiger partial charge in [0, 0.05) is 18.2 Å². The standard InChI is InChI=1S/C11H17N3O/c1-15-11-9(12)4-5-10(14-11)8-3-2-6-13-7-8/h4-5,8,13H,2-3,6-7,12H2,1H3. The summed E-state index contributed by atoms with van der Waals surface area (Å²) in [6.45, 7) is 2.11. The molecular weight excluding hydrogens is 190 g/mol. The lowest BCUT2D eigenvalue weighted by Gasteiger charge is -2.22.